The van der Waals surface area contributed by atoms with Crippen LogP contribution in [0.4, 0.5) is 5.69 Å². The van der Waals surface area contributed by atoms with Crippen molar-refractivity contribution in [3.63, 3.8) is 0 Å². The van der Waals surface area contributed by atoms with Gasteiger partial charge in [-0.1, -0.05) is 42.5 Å². The van der Waals surface area contributed by atoms with Gasteiger partial charge in [-0.05, 0) is 74.7 Å². The third-order valence-corrected chi connectivity index (χ3v) is 7.37. The van der Waals surface area contributed by atoms with Crippen molar-refractivity contribution >= 4 is 21.6 Å². The molecule has 1 N–H and O–H groups in total. The molecule has 0 radical (unpaired) electrons. The third-order valence-electron chi connectivity index (χ3n) is 5.33. The number of hydrogen-bond donors (Lipinski definition) is 1. The fourth-order valence-corrected chi connectivity index (χ4v) is 4.93. The Morgan fingerprint density at radius 3 is 2.16 bits per heavy atom. The highest BCUT2D eigenvalue weighted by molar-refractivity contribution is 7.89. The van der Waals surface area contributed by atoms with Crippen molar-refractivity contribution in [2.24, 2.45) is 0 Å². The predicted molar refractivity (Wildman–Crippen MR) is 125 cm³/mol. The topological polar surface area (TPSA) is 66.5 Å². The molecule has 0 aliphatic rings. The van der Waals surface area contributed by atoms with Crippen molar-refractivity contribution < 1.29 is 13.2 Å². The van der Waals surface area contributed by atoms with Crippen LogP contribution in [0.2, 0.25) is 0 Å². The molecule has 0 saturated carbocycles. The molecule has 0 unspecified atom stereocenters. The number of carbonyl (C=O) groups excluding carboxylic acids is 1. The van der Waals surface area contributed by atoms with Crippen LogP contribution in [0.5, 0.6) is 0 Å². The van der Waals surface area contributed by atoms with E-state index in [0.29, 0.717) is 5.56 Å². The Morgan fingerprint density at radius 2 is 1.55 bits per heavy atom. The van der Waals surface area contributed by atoms with E-state index in [1.807, 2.05) is 76.2 Å². The minimum atomic E-state index is -3.71. The fourth-order valence-electron chi connectivity index (χ4n) is 3.30. The van der Waals surface area contributed by atoms with Gasteiger partial charge in [0.25, 0.3) is 5.91 Å². The van der Waals surface area contributed by atoms with Crippen LogP contribution in [0.3, 0.4) is 0 Å². The number of benzene rings is 3. The molecular formula is C25H28N2O3S. The second-order valence-corrected chi connectivity index (χ2v) is 9.75. The van der Waals surface area contributed by atoms with Crippen LogP contribution in [0, 0.1) is 13.8 Å². The van der Waals surface area contributed by atoms with Gasteiger partial charge in [0.2, 0.25) is 10.0 Å². The number of sulfonamides is 1. The average molecular weight is 437 g/mol. The van der Waals surface area contributed by atoms with Crippen molar-refractivity contribution in [1.29, 1.82) is 0 Å². The van der Waals surface area contributed by atoms with Crippen LogP contribution >= 0.6 is 0 Å². The van der Waals surface area contributed by atoms with Gasteiger partial charge in [0.05, 0.1) is 4.90 Å². The van der Waals surface area contributed by atoms with E-state index in [0.717, 1.165) is 22.4 Å². The molecule has 0 aliphatic heterocycles. The SMILES string of the molecule is Cc1cccc(NC(=O)c2ccc(S(=O)(=O)N(Cc3ccccc3)C(C)C)cc2)c1C. The van der Waals surface area contributed by atoms with E-state index >= 15 is 0 Å². The van der Waals surface area contributed by atoms with Gasteiger partial charge in [0.15, 0.2) is 0 Å². The van der Waals surface area contributed by atoms with Gasteiger partial charge in [-0.25, -0.2) is 8.42 Å². The minimum absolute atomic E-state index is 0.167. The third kappa shape index (κ3) is 5.21. The molecule has 3 rings (SSSR count). The lowest BCUT2D eigenvalue weighted by molar-refractivity contribution is 0.102. The summed E-state index contributed by atoms with van der Waals surface area (Å²) < 4.78 is 28.0. The average Bonchev–Trinajstić information content (AvgIpc) is 2.75. The Hall–Kier alpha value is -2.96. The largest absolute Gasteiger partial charge is 0.322 e. The molecule has 6 heteroatoms. The highest BCUT2D eigenvalue weighted by Gasteiger charge is 2.27. The zero-order valence-corrected chi connectivity index (χ0v) is 19.1. The van der Waals surface area contributed by atoms with Gasteiger partial charge in [-0.15, -0.1) is 0 Å². The predicted octanol–water partition coefficient (Wildman–Crippen LogP) is 5.16. The molecule has 3 aromatic rings. The zero-order valence-electron chi connectivity index (χ0n) is 18.3. The molecule has 1 amide bonds. The van der Waals surface area contributed by atoms with E-state index in [2.05, 4.69) is 5.32 Å². The monoisotopic (exact) mass is 436 g/mol. The van der Waals surface area contributed by atoms with E-state index in [1.54, 1.807) is 12.1 Å². The number of hydrogen-bond acceptors (Lipinski definition) is 3. The smallest absolute Gasteiger partial charge is 0.255 e. The lowest BCUT2D eigenvalue weighted by Crippen LogP contribution is -2.36. The Kier molecular flexibility index (Phi) is 6.93. The first-order chi connectivity index (χ1) is 14.7. The first-order valence-electron chi connectivity index (χ1n) is 10.2. The fraction of sp³-hybridized carbons (Fsp3) is 0.240. The summed E-state index contributed by atoms with van der Waals surface area (Å²) in [4.78, 5) is 12.8. The van der Waals surface area contributed by atoms with Crippen LogP contribution in [-0.2, 0) is 16.6 Å². The maximum absolute atomic E-state index is 13.3. The Bertz CT molecular complexity index is 1160. The van der Waals surface area contributed by atoms with Crippen molar-refractivity contribution in [2.75, 3.05) is 5.32 Å². The van der Waals surface area contributed by atoms with Gasteiger partial charge in [-0.2, -0.15) is 4.31 Å². The molecule has 162 valence electrons. The summed E-state index contributed by atoms with van der Waals surface area (Å²) in [6.45, 7) is 7.93. The number of carbonyl (C=O) groups is 1. The number of amides is 1. The summed E-state index contributed by atoms with van der Waals surface area (Å²) in [7, 11) is -3.71. The summed E-state index contributed by atoms with van der Waals surface area (Å²) in [5.41, 5.74) is 4.16. The lowest BCUT2D eigenvalue weighted by atomic mass is 10.1. The second-order valence-electron chi connectivity index (χ2n) is 7.86. The molecule has 0 atom stereocenters. The van der Waals surface area contributed by atoms with Crippen molar-refractivity contribution in [3.05, 3.63) is 95.1 Å². The Labute approximate surface area is 184 Å². The highest BCUT2D eigenvalue weighted by atomic mass is 32.2. The Balaban J connectivity index is 1.81. The summed E-state index contributed by atoms with van der Waals surface area (Å²) in [6.07, 6.45) is 0. The molecule has 0 heterocycles. The number of nitrogens with one attached hydrogen (secondary N) is 1. The van der Waals surface area contributed by atoms with E-state index in [9.17, 15) is 13.2 Å². The number of rotatable bonds is 7. The van der Waals surface area contributed by atoms with Crippen LogP contribution < -0.4 is 5.32 Å². The molecular weight excluding hydrogens is 408 g/mol. The zero-order chi connectivity index (χ0) is 22.6. The molecule has 0 spiro atoms. The first kappa shape index (κ1) is 22.7. The standard InChI is InChI=1S/C25H28N2O3S/c1-18(2)27(17-21-10-6-5-7-11-21)31(29,30)23-15-13-22(14-16-23)25(28)26-24-12-8-9-19(3)20(24)4/h5-16,18H,17H2,1-4H3,(H,26,28). The molecule has 0 aliphatic carbocycles. The van der Waals surface area contributed by atoms with Gasteiger partial charge >= 0.3 is 0 Å². The van der Waals surface area contributed by atoms with Gasteiger partial charge in [0.1, 0.15) is 0 Å². The van der Waals surface area contributed by atoms with Gasteiger partial charge in [0, 0.05) is 23.8 Å². The van der Waals surface area contributed by atoms with Crippen LogP contribution in [0.25, 0.3) is 0 Å². The normalized spacial score (nSPS) is 11.7. The number of aryl methyl sites for hydroxylation is 1. The summed E-state index contributed by atoms with van der Waals surface area (Å²) in [5.74, 6) is -0.275. The molecule has 0 fully saturated rings. The van der Waals surface area contributed by atoms with Crippen molar-refractivity contribution in [2.45, 2.75) is 45.2 Å². The Morgan fingerprint density at radius 1 is 0.903 bits per heavy atom. The van der Waals surface area contributed by atoms with Crippen LogP contribution in [0.1, 0.15) is 40.9 Å². The molecule has 5 nitrogen and oxygen atoms in total. The van der Waals surface area contributed by atoms with E-state index in [1.165, 1.54) is 16.4 Å². The molecule has 0 bridgehead atoms. The van der Waals surface area contributed by atoms with Gasteiger partial charge < -0.3 is 5.32 Å². The first-order valence-corrected chi connectivity index (χ1v) is 11.7. The van der Waals surface area contributed by atoms with Gasteiger partial charge in [-0.3, -0.25) is 4.79 Å². The molecule has 3 aromatic carbocycles. The van der Waals surface area contributed by atoms with Crippen molar-refractivity contribution in [1.82, 2.24) is 4.31 Å². The molecule has 0 aromatic heterocycles. The quantitative estimate of drug-likeness (QED) is 0.557. The van der Waals surface area contributed by atoms with Crippen LogP contribution in [-0.4, -0.2) is 24.7 Å². The van der Waals surface area contributed by atoms with E-state index in [-0.39, 0.29) is 23.4 Å². The maximum Gasteiger partial charge on any atom is 0.255 e. The van der Waals surface area contributed by atoms with Crippen molar-refractivity contribution in [3.8, 4) is 0 Å². The number of nitrogens with zero attached hydrogens (tertiary/aromatic N) is 1. The molecule has 31 heavy (non-hydrogen) atoms. The second kappa shape index (κ2) is 9.45. The number of anilines is 1. The molecule has 0 saturated heterocycles. The maximum atomic E-state index is 13.3. The van der Waals surface area contributed by atoms with E-state index < -0.39 is 10.0 Å². The summed E-state index contributed by atoms with van der Waals surface area (Å²) in [6, 6.07) is 21.1. The highest BCUT2D eigenvalue weighted by Crippen LogP contribution is 2.23. The van der Waals surface area contributed by atoms with E-state index in [4.69, 9.17) is 0 Å². The van der Waals surface area contributed by atoms with Crippen LogP contribution in [0.15, 0.2) is 77.7 Å². The minimum Gasteiger partial charge on any atom is -0.322 e. The summed E-state index contributed by atoms with van der Waals surface area (Å²) in [5, 5.41) is 2.90. The summed E-state index contributed by atoms with van der Waals surface area (Å²) >= 11 is 0. The lowest BCUT2D eigenvalue weighted by Gasteiger charge is -2.26.